The fourth-order valence-corrected chi connectivity index (χ4v) is 2.04. The van der Waals surface area contributed by atoms with Crippen molar-refractivity contribution in [3.8, 4) is 5.75 Å². The van der Waals surface area contributed by atoms with Gasteiger partial charge in [0, 0.05) is 6.61 Å². The monoisotopic (exact) mass is 220 g/mol. The highest BCUT2D eigenvalue weighted by atomic mass is 16.5. The molecule has 0 aliphatic heterocycles. The maximum Gasteiger partial charge on any atom is 0.119 e. The lowest BCUT2D eigenvalue weighted by atomic mass is 9.83. The molecular formula is C14H20O2. The molecule has 2 rings (SSSR count). The molecule has 0 aromatic heterocycles. The zero-order valence-corrected chi connectivity index (χ0v) is 9.69. The van der Waals surface area contributed by atoms with Gasteiger partial charge in [-0.25, -0.2) is 0 Å². The van der Waals surface area contributed by atoms with Crippen LogP contribution < -0.4 is 4.74 Å². The van der Waals surface area contributed by atoms with Crippen molar-refractivity contribution < 1.29 is 9.84 Å². The fraction of sp³-hybridized carbons (Fsp3) is 0.571. The summed E-state index contributed by atoms with van der Waals surface area (Å²) in [6.07, 6.45) is 6.06. The maximum atomic E-state index is 8.86. The summed E-state index contributed by atoms with van der Waals surface area (Å²) in [5.74, 6) is 1.84. The lowest BCUT2D eigenvalue weighted by Crippen LogP contribution is -2.14. The molecule has 0 bridgehead atoms. The Morgan fingerprint density at radius 1 is 1.31 bits per heavy atom. The van der Waals surface area contributed by atoms with E-state index in [1.807, 2.05) is 24.3 Å². The predicted molar refractivity (Wildman–Crippen MR) is 64.7 cm³/mol. The Morgan fingerprint density at radius 3 is 2.88 bits per heavy atom. The number of benzene rings is 1. The topological polar surface area (TPSA) is 29.5 Å². The lowest BCUT2D eigenvalue weighted by Gasteiger charge is -2.25. The summed E-state index contributed by atoms with van der Waals surface area (Å²) in [4.78, 5) is 0. The van der Waals surface area contributed by atoms with Gasteiger partial charge in [-0.2, -0.15) is 0 Å². The van der Waals surface area contributed by atoms with Gasteiger partial charge in [-0.3, -0.25) is 0 Å². The molecule has 1 aromatic rings. The van der Waals surface area contributed by atoms with E-state index in [1.54, 1.807) is 0 Å². The molecule has 16 heavy (non-hydrogen) atoms. The Morgan fingerprint density at radius 2 is 2.19 bits per heavy atom. The molecule has 0 spiro atoms. The van der Waals surface area contributed by atoms with Gasteiger partial charge in [0.25, 0.3) is 0 Å². The third kappa shape index (κ3) is 3.24. The van der Waals surface area contributed by atoms with Gasteiger partial charge in [-0.1, -0.05) is 31.4 Å². The maximum absolute atomic E-state index is 8.86. The van der Waals surface area contributed by atoms with Crippen molar-refractivity contribution in [2.75, 3.05) is 13.2 Å². The summed E-state index contributed by atoms with van der Waals surface area (Å²) in [5, 5.41) is 8.86. The zero-order valence-electron chi connectivity index (χ0n) is 9.69. The van der Waals surface area contributed by atoms with Crippen molar-refractivity contribution in [2.24, 2.45) is 5.92 Å². The van der Waals surface area contributed by atoms with Crippen LogP contribution >= 0.6 is 0 Å². The van der Waals surface area contributed by atoms with E-state index in [0.29, 0.717) is 6.42 Å². The highest BCUT2D eigenvalue weighted by Gasteiger charge is 2.16. The van der Waals surface area contributed by atoms with Crippen LogP contribution in [0.2, 0.25) is 0 Å². The second-order valence-corrected chi connectivity index (χ2v) is 4.56. The molecule has 1 aliphatic carbocycles. The smallest absolute Gasteiger partial charge is 0.119 e. The van der Waals surface area contributed by atoms with Crippen LogP contribution in [-0.4, -0.2) is 18.3 Å². The van der Waals surface area contributed by atoms with E-state index in [1.165, 1.54) is 25.7 Å². The Labute approximate surface area is 97.3 Å². The number of ether oxygens (including phenoxy) is 1. The molecule has 1 saturated carbocycles. The van der Waals surface area contributed by atoms with Crippen LogP contribution in [0.1, 0.15) is 31.2 Å². The molecule has 2 nitrogen and oxygen atoms in total. The van der Waals surface area contributed by atoms with Gasteiger partial charge in [0.15, 0.2) is 0 Å². The Bertz CT molecular complexity index is 318. The van der Waals surface area contributed by atoms with Gasteiger partial charge < -0.3 is 9.84 Å². The van der Waals surface area contributed by atoms with Crippen LogP contribution in [0.3, 0.4) is 0 Å². The predicted octanol–water partition coefficient (Wildman–Crippen LogP) is 2.79. The molecule has 0 heterocycles. The fourth-order valence-electron chi connectivity index (χ4n) is 2.04. The van der Waals surface area contributed by atoms with Crippen LogP contribution in [0, 0.1) is 5.92 Å². The molecule has 1 fully saturated rings. The molecule has 88 valence electrons. The minimum Gasteiger partial charge on any atom is -0.494 e. The molecule has 2 heteroatoms. The van der Waals surface area contributed by atoms with Crippen molar-refractivity contribution in [2.45, 2.75) is 32.1 Å². The first-order chi connectivity index (χ1) is 7.88. The highest BCUT2D eigenvalue weighted by Crippen LogP contribution is 2.29. The van der Waals surface area contributed by atoms with E-state index in [4.69, 9.17) is 9.84 Å². The summed E-state index contributed by atoms with van der Waals surface area (Å²) in [6, 6.07) is 8.03. The van der Waals surface area contributed by atoms with Gasteiger partial charge in [-0.05, 0) is 36.5 Å². The van der Waals surface area contributed by atoms with Crippen molar-refractivity contribution in [3.63, 3.8) is 0 Å². The van der Waals surface area contributed by atoms with Crippen molar-refractivity contribution in [1.29, 1.82) is 0 Å². The average molecular weight is 220 g/mol. The summed E-state index contributed by atoms with van der Waals surface area (Å²) >= 11 is 0. The molecular weight excluding hydrogens is 200 g/mol. The van der Waals surface area contributed by atoms with E-state index >= 15 is 0 Å². The first-order valence-corrected chi connectivity index (χ1v) is 6.21. The summed E-state index contributed by atoms with van der Waals surface area (Å²) in [7, 11) is 0. The molecule has 0 unspecified atom stereocenters. The zero-order chi connectivity index (χ0) is 11.2. The number of hydrogen-bond donors (Lipinski definition) is 1. The molecule has 0 atom stereocenters. The summed E-state index contributed by atoms with van der Waals surface area (Å²) in [6.45, 7) is 1.03. The first-order valence-electron chi connectivity index (χ1n) is 6.21. The third-order valence-electron chi connectivity index (χ3n) is 3.32. The van der Waals surface area contributed by atoms with E-state index in [0.717, 1.165) is 23.8 Å². The van der Waals surface area contributed by atoms with Crippen molar-refractivity contribution >= 4 is 0 Å². The summed E-state index contributed by atoms with van der Waals surface area (Å²) < 4.78 is 5.72. The van der Waals surface area contributed by atoms with Gasteiger partial charge in [-0.15, -0.1) is 0 Å². The highest BCUT2D eigenvalue weighted by molar-refractivity contribution is 5.28. The first kappa shape index (κ1) is 11.5. The van der Waals surface area contributed by atoms with Crippen LogP contribution in [0.15, 0.2) is 24.3 Å². The normalized spacial score (nSPS) is 15.8. The second-order valence-electron chi connectivity index (χ2n) is 4.56. The standard InChI is InChI=1S/C14H20O2/c15-9-7-13-5-2-6-14(11-13)16-10-8-12-3-1-4-12/h2,5-6,11-12,15H,1,3-4,7-10H2. The molecule has 0 amide bonds. The molecule has 1 aliphatic rings. The minimum absolute atomic E-state index is 0.200. The third-order valence-corrected chi connectivity index (χ3v) is 3.32. The van der Waals surface area contributed by atoms with Gasteiger partial charge >= 0.3 is 0 Å². The second kappa shape index (κ2) is 5.90. The van der Waals surface area contributed by atoms with E-state index < -0.39 is 0 Å². The number of aliphatic hydroxyl groups excluding tert-OH is 1. The quantitative estimate of drug-likeness (QED) is 0.798. The Kier molecular flexibility index (Phi) is 4.23. The molecule has 1 aromatic carbocycles. The SMILES string of the molecule is OCCc1cccc(OCCC2CCC2)c1. The molecule has 0 saturated heterocycles. The molecule has 0 radical (unpaired) electrons. The molecule has 1 N–H and O–H groups in total. The summed E-state index contributed by atoms with van der Waals surface area (Å²) in [5.41, 5.74) is 1.14. The minimum atomic E-state index is 0.200. The van der Waals surface area contributed by atoms with Crippen molar-refractivity contribution in [1.82, 2.24) is 0 Å². The number of rotatable bonds is 6. The van der Waals surface area contributed by atoms with Gasteiger partial charge in [0.2, 0.25) is 0 Å². The lowest BCUT2D eigenvalue weighted by molar-refractivity contribution is 0.222. The number of aliphatic hydroxyl groups is 1. The van der Waals surface area contributed by atoms with Gasteiger partial charge in [0.05, 0.1) is 6.61 Å². The van der Waals surface area contributed by atoms with Gasteiger partial charge in [0.1, 0.15) is 5.75 Å². The van der Waals surface area contributed by atoms with Crippen LogP contribution in [0.5, 0.6) is 5.75 Å². The van der Waals surface area contributed by atoms with E-state index in [9.17, 15) is 0 Å². The van der Waals surface area contributed by atoms with E-state index in [2.05, 4.69) is 0 Å². The Hall–Kier alpha value is -1.02. The van der Waals surface area contributed by atoms with Crippen LogP contribution in [0.4, 0.5) is 0 Å². The van der Waals surface area contributed by atoms with Crippen LogP contribution in [-0.2, 0) is 6.42 Å². The Balaban J connectivity index is 1.76. The van der Waals surface area contributed by atoms with Crippen molar-refractivity contribution in [3.05, 3.63) is 29.8 Å². The average Bonchev–Trinajstić information content (AvgIpc) is 2.23. The van der Waals surface area contributed by atoms with Crippen LogP contribution in [0.25, 0.3) is 0 Å². The number of hydrogen-bond acceptors (Lipinski definition) is 2. The van der Waals surface area contributed by atoms with E-state index in [-0.39, 0.29) is 6.61 Å². The largest absolute Gasteiger partial charge is 0.494 e.